The zero-order valence-corrected chi connectivity index (χ0v) is 20.2. The van der Waals surface area contributed by atoms with Gasteiger partial charge in [-0.25, -0.2) is 0 Å². The number of nitrogens with one attached hydrogen (secondary N) is 1. The van der Waals surface area contributed by atoms with Gasteiger partial charge in [-0.15, -0.1) is 12.8 Å². The van der Waals surface area contributed by atoms with Crippen LogP contribution in [0.2, 0.25) is 0 Å². The van der Waals surface area contributed by atoms with E-state index in [2.05, 4.69) is 66.9 Å². The number of aromatic nitrogens is 2. The first-order valence-corrected chi connectivity index (χ1v) is 11.9. The second-order valence-corrected chi connectivity index (χ2v) is 8.65. The Kier molecular flexibility index (Phi) is 7.33. The highest BCUT2D eigenvalue weighted by molar-refractivity contribution is 5.96. The Morgan fingerprint density at radius 3 is 2.71 bits per heavy atom. The lowest BCUT2D eigenvalue weighted by Gasteiger charge is -2.08. The number of anilines is 1. The van der Waals surface area contributed by atoms with Crippen LogP contribution in [-0.2, 0) is 19.3 Å². The number of aryl methyl sites for hydroxylation is 2. The molecule has 3 N–H and O–H groups in total. The van der Waals surface area contributed by atoms with E-state index in [1.165, 1.54) is 46.9 Å². The van der Waals surface area contributed by atoms with E-state index in [1.807, 2.05) is 37.3 Å². The minimum atomic E-state index is 0.653. The molecule has 0 unspecified atom stereocenters. The number of nitrogen functional groups attached to an aromatic ring is 1. The van der Waals surface area contributed by atoms with E-state index in [1.54, 1.807) is 6.08 Å². The number of benzene rings is 2. The van der Waals surface area contributed by atoms with Crippen molar-refractivity contribution < 1.29 is 0 Å². The maximum absolute atomic E-state index is 6.32. The topological polar surface area (TPSA) is 54.7 Å². The van der Waals surface area contributed by atoms with Gasteiger partial charge in [0.15, 0.2) is 0 Å². The summed E-state index contributed by atoms with van der Waals surface area (Å²) in [4.78, 5) is 8.48. The zero-order chi connectivity index (χ0) is 24.8. The third-order valence-corrected chi connectivity index (χ3v) is 6.52. The Bertz CT molecular complexity index is 1450. The van der Waals surface area contributed by atoms with Crippen molar-refractivity contribution in [1.82, 2.24) is 9.97 Å². The molecule has 4 aromatic rings. The second kappa shape index (κ2) is 10.8. The summed E-state index contributed by atoms with van der Waals surface area (Å²) in [5, 5.41) is 1.24. The summed E-state index contributed by atoms with van der Waals surface area (Å²) < 4.78 is 0. The summed E-state index contributed by atoms with van der Waals surface area (Å²) in [7, 11) is 0. The lowest BCUT2D eigenvalue weighted by Crippen LogP contribution is -2.02. The van der Waals surface area contributed by atoms with Gasteiger partial charge in [-0.05, 0) is 78.3 Å². The Morgan fingerprint density at radius 2 is 1.91 bits per heavy atom. The Morgan fingerprint density at radius 1 is 1.09 bits per heavy atom. The van der Waals surface area contributed by atoms with Crippen LogP contribution in [0.1, 0.15) is 41.6 Å². The average molecular weight is 458 g/mol. The largest absolute Gasteiger partial charge is 0.397 e. The fraction of sp³-hybridized carbons (Fsp3) is 0.156. The molecule has 3 nitrogen and oxygen atoms in total. The van der Waals surface area contributed by atoms with Crippen molar-refractivity contribution in [3.05, 3.63) is 114 Å². The number of aromatic amines is 1. The zero-order valence-electron chi connectivity index (χ0n) is 20.2. The minimum Gasteiger partial charge on any atom is -0.397 e. The quantitative estimate of drug-likeness (QED) is 0.236. The molecule has 1 aliphatic carbocycles. The van der Waals surface area contributed by atoms with Crippen LogP contribution < -0.4 is 5.73 Å². The molecule has 174 valence electrons. The van der Waals surface area contributed by atoms with Gasteiger partial charge < -0.3 is 10.7 Å². The van der Waals surface area contributed by atoms with Gasteiger partial charge in [0.2, 0.25) is 0 Å². The fourth-order valence-corrected chi connectivity index (χ4v) is 4.80. The van der Waals surface area contributed by atoms with Gasteiger partial charge in [0, 0.05) is 23.0 Å². The SMILES string of the molecule is C#C.C=C/C=C\C(=C/C)c1ccc(N)c(Cc2cc3c(-c4ccc5c(c4)CCC5)cccc3[nH]2)n1. The molecule has 3 heteroatoms. The molecular formula is C32H31N3. The predicted octanol–water partition coefficient (Wildman–Crippen LogP) is 7.29. The van der Waals surface area contributed by atoms with E-state index in [9.17, 15) is 0 Å². The van der Waals surface area contributed by atoms with Crippen LogP contribution in [0.3, 0.4) is 0 Å². The molecule has 5 rings (SSSR count). The van der Waals surface area contributed by atoms with E-state index in [0.717, 1.165) is 28.2 Å². The maximum Gasteiger partial charge on any atom is 0.0703 e. The van der Waals surface area contributed by atoms with E-state index < -0.39 is 0 Å². The summed E-state index contributed by atoms with van der Waals surface area (Å²) in [6.07, 6.45) is 20.1. The van der Waals surface area contributed by atoms with Gasteiger partial charge in [-0.2, -0.15) is 0 Å². The Labute approximate surface area is 208 Å². The summed E-state index contributed by atoms with van der Waals surface area (Å²) in [5.74, 6) is 0. The average Bonchev–Trinajstić information content (AvgIpc) is 3.53. The van der Waals surface area contributed by atoms with E-state index in [-0.39, 0.29) is 0 Å². The first-order valence-electron chi connectivity index (χ1n) is 11.9. The van der Waals surface area contributed by atoms with Crippen molar-refractivity contribution in [2.45, 2.75) is 32.6 Å². The number of allylic oxidation sites excluding steroid dienone is 5. The predicted molar refractivity (Wildman–Crippen MR) is 150 cm³/mol. The number of hydrogen-bond acceptors (Lipinski definition) is 2. The van der Waals surface area contributed by atoms with Crippen LogP contribution in [-0.4, -0.2) is 9.97 Å². The van der Waals surface area contributed by atoms with Crippen LogP contribution >= 0.6 is 0 Å². The molecule has 0 aliphatic heterocycles. The molecule has 2 aromatic carbocycles. The van der Waals surface area contributed by atoms with Crippen LogP contribution in [0, 0.1) is 12.8 Å². The molecular weight excluding hydrogens is 426 g/mol. The van der Waals surface area contributed by atoms with Gasteiger partial charge in [0.05, 0.1) is 17.1 Å². The number of pyridine rings is 1. The first kappa shape index (κ1) is 23.9. The summed E-state index contributed by atoms with van der Waals surface area (Å²) >= 11 is 0. The molecule has 0 fully saturated rings. The number of hydrogen-bond donors (Lipinski definition) is 2. The highest BCUT2D eigenvalue weighted by atomic mass is 14.8. The van der Waals surface area contributed by atoms with Crippen LogP contribution in [0.25, 0.3) is 27.6 Å². The number of terminal acetylenes is 1. The van der Waals surface area contributed by atoms with Gasteiger partial charge in [0.1, 0.15) is 0 Å². The number of nitrogens with two attached hydrogens (primary N) is 1. The number of rotatable bonds is 6. The molecule has 35 heavy (non-hydrogen) atoms. The molecule has 0 bridgehead atoms. The third-order valence-electron chi connectivity index (χ3n) is 6.52. The van der Waals surface area contributed by atoms with Crippen molar-refractivity contribution >= 4 is 22.2 Å². The maximum atomic E-state index is 6.32. The standard InChI is InChI=1S/C30H29N3.C2H2/c1-3-5-8-20(4-2)28-16-15-27(31)30(33-28)19-24-18-26-25(11-7-12-29(26)32-24)23-14-13-21-9-6-10-22(21)17-23;1-2/h3-5,7-8,11-18,32H,1,6,9-10,19,31H2,2H3;1-2H/b8-5-,20-4+;. The monoisotopic (exact) mass is 457 g/mol. The molecule has 0 atom stereocenters. The highest BCUT2D eigenvalue weighted by Gasteiger charge is 2.14. The normalized spacial score (nSPS) is 12.9. The summed E-state index contributed by atoms with van der Waals surface area (Å²) in [6, 6.07) is 19.6. The minimum absolute atomic E-state index is 0.653. The molecule has 2 heterocycles. The fourth-order valence-electron chi connectivity index (χ4n) is 4.80. The lowest BCUT2D eigenvalue weighted by atomic mass is 9.98. The van der Waals surface area contributed by atoms with Gasteiger partial charge >= 0.3 is 0 Å². The molecule has 0 saturated heterocycles. The molecule has 0 radical (unpaired) electrons. The summed E-state index contributed by atoms with van der Waals surface area (Å²) in [5.41, 5.74) is 17.7. The number of H-pyrrole nitrogens is 1. The molecule has 0 saturated carbocycles. The molecule has 0 spiro atoms. The number of fused-ring (bicyclic) bond motifs is 2. The van der Waals surface area contributed by atoms with E-state index >= 15 is 0 Å². The van der Waals surface area contributed by atoms with Crippen molar-refractivity contribution in [1.29, 1.82) is 0 Å². The second-order valence-electron chi connectivity index (χ2n) is 8.65. The Hall–Kier alpha value is -4.29. The smallest absolute Gasteiger partial charge is 0.0703 e. The van der Waals surface area contributed by atoms with E-state index in [4.69, 9.17) is 10.7 Å². The van der Waals surface area contributed by atoms with Crippen molar-refractivity contribution in [3.8, 4) is 24.0 Å². The van der Waals surface area contributed by atoms with Gasteiger partial charge in [-0.3, -0.25) is 4.98 Å². The van der Waals surface area contributed by atoms with Crippen LogP contribution in [0.4, 0.5) is 5.69 Å². The van der Waals surface area contributed by atoms with Crippen LogP contribution in [0.5, 0.6) is 0 Å². The molecule has 0 amide bonds. The van der Waals surface area contributed by atoms with E-state index in [0.29, 0.717) is 12.1 Å². The summed E-state index contributed by atoms with van der Waals surface area (Å²) in [6.45, 7) is 5.77. The number of nitrogens with zero attached hydrogens (tertiary/aromatic N) is 1. The van der Waals surface area contributed by atoms with Crippen molar-refractivity contribution in [3.63, 3.8) is 0 Å². The molecule has 1 aliphatic rings. The highest BCUT2D eigenvalue weighted by Crippen LogP contribution is 2.33. The lowest BCUT2D eigenvalue weighted by molar-refractivity contribution is 0.912. The third kappa shape index (κ3) is 4.98. The van der Waals surface area contributed by atoms with Gasteiger partial charge in [-0.1, -0.05) is 61.2 Å². The van der Waals surface area contributed by atoms with Crippen molar-refractivity contribution in [2.24, 2.45) is 0 Å². The van der Waals surface area contributed by atoms with Gasteiger partial charge in [0.25, 0.3) is 0 Å². The Balaban J connectivity index is 0.00000141. The first-order chi connectivity index (χ1) is 17.2. The van der Waals surface area contributed by atoms with Crippen LogP contribution in [0.15, 0.2) is 85.5 Å². The van der Waals surface area contributed by atoms with Crippen molar-refractivity contribution in [2.75, 3.05) is 5.73 Å². The molecule has 2 aromatic heterocycles.